The third kappa shape index (κ3) is 2.84. The van der Waals surface area contributed by atoms with Crippen LogP contribution in [0.3, 0.4) is 0 Å². The molecular formula is C16H18N6O2S. The maximum atomic E-state index is 13.1. The number of rotatable bonds is 2. The molecule has 3 aromatic rings. The first-order chi connectivity index (χ1) is 12.0. The fourth-order valence-electron chi connectivity index (χ4n) is 3.17. The van der Waals surface area contributed by atoms with Crippen LogP contribution in [0.15, 0.2) is 30.6 Å². The summed E-state index contributed by atoms with van der Waals surface area (Å²) in [5.41, 5.74) is 3.05. The number of hydrogen-bond acceptors (Lipinski definition) is 5. The van der Waals surface area contributed by atoms with E-state index in [1.165, 1.54) is 0 Å². The molecule has 0 saturated carbocycles. The molecule has 1 aliphatic rings. The number of benzene rings is 1. The van der Waals surface area contributed by atoms with E-state index in [4.69, 9.17) is 0 Å². The van der Waals surface area contributed by atoms with Crippen LogP contribution in [0.4, 0.5) is 0 Å². The van der Waals surface area contributed by atoms with Gasteiger partial charge in [0.2, 0.25) is 0 Å². The molecule has 1 fully saturated rings. The standard InChI is InChI=1S/C16H18N6O2S/c1-20-9-12(8-17-20)15-10-25(24)6-5-22(15)16(23)11-3-4-13-14(7-11)21(2)19-18-13/h3-4,7-9,15H,5-6,10H2,1-2H3. The molecule has 0 spiro atoms. The summed E-state index contributed by atoms with van der Waals surface area (Å²) < 4.78 is 15.4. The van der Waals surface area contributed by atoms with E-state index in [0.29, 0.717) is 23.6 Å². The van der Waals surface area contributed by atoms with Crippen LogP contribution in [0.1, 0.15) is 22.0 Å². The van der Waals surface area contributed by atoms with Crippen molar-refractivity contribution in [1.29, 1.82) is 0 Å². The predicted molar refractivity (Wildman–Crippen MR) is 93.4 cm³/mol. The fraction of sp³-hybridized carbons (Fsp3) is 0.375. The van der Waals surface area contributed by atoms with Crippen LogP contribution in [-0.2, 0) is 24.9 Å². The van der Waals surface area contributed by atoms with Gasteiger partial charge in [0.05, 0.1) is 17.8 Å². The highest BCUT2D eigenvalue weighted by Gasteiger charge is 2.32. The summed E-state index contributed by atoms with van der Waals surface area (Å²) in [6, 6.07) is 5.15. The van der Waals surface area contributed by atoms with Crippen molar-refractivity contribution in [2.45, 2.75) is 6.04 Å². The summed E-state index contributed by atoms with van der Waals surface area (Å²) in [4.78, 5) is 14.9. The van der Waals surface area contributed by atoms with E-state index in [-0.39, 0.29) is 11.9 Å². The van der Waals surface area contributed by atoms with Gasteiger partial charge in [-0.2, -0.15) is 5.10 Å². The third-order valence-corrected chi connectivity index (χ3v) is 5.83. The summed E-state index contributed by atoms with van der Waals surface area (Å²) in [5.74, 6) is 0.860. The van der Waals surface area contributed by atoms with Crippen LogP contribution < -0.4 is 0 Å². The fourth-order valence-corrected chi connectivity index (χ4v) is 4.46. The van der Waals surface area contributed by atoms with Gasteiger partial charge in [0.25, 0.3) is 5.91 Å². The predicted octanol–water partition coefficient (Wildman–Crippen LogP) is 0.648. The summed E-state index contributed by atoms with van der Waals surface area (Å²) in [6.45, 7) is 0.465. The molecule has 1 aliphatic heterocycles. The number of carbonyl (C=O) groups is 1. The minimum atomic E-state index is -0.930. The molecule has 1 saturated heterocycles. The summed E-state index contributed by atoms with van der Waals surface area (Å²) in [6.07, 6.45) is 3.61. The van der Waals surface area contributed by atoms with Crippen molar-refractivity contribution in [2.24, 2.45) is 14.1 Å². The number of nitrogens with zero attached hydrogens (tertiary/aromatic N) is 6. The number of amides is 1. The van der Waals surface area contributed by atoms with Crippen LogP contribution in [0, 0.1) is 0 Å². The van der Waals surface area contributed by atoms with Crippen LogP contribution in [0.2, 0.25) is 0 Å². The zero-order valence-corrected chi connectivity index (χ0v) is 14.8. The van der Waals surface area contributed by atoms with Gasteiger partial charge in [-0.15, -0.1) is 5.10 Å². The molecule has 8 nitrogen and oxygen atoms in total. The van der Waals surface area contributed by atoms with Crippen LogP contribution in [0.25, 0.3) is 11.0 Å². The summed E-state index contributed by atoms with van der Waals surface area (Å²) in [7, 11) is 2.70. The van der Waals surface area contributed by atoms with Crippen molar-refractivity contribution in [3.05, 3.63) is 41.7 Å². The molecule has 0 bridgehead atoms. The van der Waals surface area contributed by atoms with E-state index >= 15 is 0 Å². The average Bonchev–Trinajstić information content (AvgIpc) is 3.20. The Bertz CT molecular complexity index is 978. The molecule has 130 valence electrons. The zero-order chi connectivity index (χ0) is 17.6. The van der Waals surface area contributed by atoms with Crippen molar-refractivity contribution in [1.82, 2.24) is 29.7 Å². The second-order valence-electron chi connectivity index (χ2n) is 6.19. The van der Waals surface area contributed by atoms with E-state index < -0.39 is 10.8 Å². The summed E-state index contributed by atoms with van der Waals surface area (Å²) >= 11 is 0. The molecule has 0 N–H and O–H groups in total. The minimum absolute atomic E-state index is 0.0753. The molecule has 0 aliphatic carbocycles. The lowest BCUT2D eigenvalue weighted by molar-refractivity contribution is 0.0699. The van der Waals surface area contributed by atoms with Gasteiger partial charge < -0.3 is 4.90 Å². The molecule has 3 heterocycles. The van der Waals surface area contributed by atoms with Gasteiger partial charge in [-0.3, -0.25) is 13.7 Å². The quantitative estimate of drug-likeness (QED) is 0.671. The Morgan fingerprint density at radius 1 is 1.32 bits per heavy atom. The van der Waals surface area contributed by atoms with E-state index in [1.807, 2.05) is 19.3 Å². The molecule has 1 amide bonds. The van der Waals surface area contributed by atoms with Gasteiger partial charge in [-0.05, 0) is 18.2 Å². The van der Waals surface area contributed by atoms with E-state index in [9.17, 15) is 9.00 Å². The SMILES string of the molecule is Cn1cc(C2CS(=O)CCN2C(=O)c2ccc3nnn(C)c3c2)cn1. The van der Waals surface area contributed by atoms with Crippen molar-refractivity contribution in [3.8, 4) is 0 Å². The molecule has 4 rings (SSSR count). The van der Waals surface area contributed by atoms with Gasteiger partial charge in [0.15, 0.2) is 0 Å². The average molecular weight is 358 g/mol. The zero-order valence-electron chi connectivity index (χ0n) is 14.0. The smallest absolute Gasteiger partial charge is 0.254 e. The van der Waals surface area contributed by atoms with Gasteiger partial charge in [-0.25, -0.2) is 4.68 Å². The molecular weight excluding hydrogens is 340 g/mol. The lowest BCUT2D eigenvalue weighted by Gasteiger charge is -2.34. The second-order valence-corrected chi connectivity index (χ2v) is 7.81. The number of hydrogen-bond donors (Lipinski definition) is 0. The van der Waals surface area contributed by atoms with E-state index in [2.05, 4.69) is 15.4 Å². The first-order valence-electron chi connectivity index (χ1n) is 7.97. The molecule has 2 unspecified atom stereocenters. The Morgan fingerprint density at radius 2 is 2.16 bits per heavy atom. The molecule has 9 heteroatoms. The van der Waals surface area contributed by atoms with Crippen LogP contribution in [-0.4, -0.2) is 57.8 Å². The van der Waals surface area contributed by atoms with Crippen LogP contribution in [0.5, 0.6) is 0 Å². The van der Waals surface area contributed by atoms with Gasteiger partial charge in [-0.1, -0.05) is 5.21 Å². The normalized spacial score (nSPS) is 21.0. The van der Waals surface area contributed by atoms with Crippen molar-refractivity contribution in [3.63, 3.8) is 0 Å². The third-order valence-electron chi connectivity index (χ3n) is 4.51. The highest BCUT2D eigenvalue weighted by molar-refractivity contribution is 7.85. The van der Waals surface area contributed by atoms with Crippen molar-refractivity contribution >= 4 is 27.7 Å². The first kappa shape index (κ1) is 15.9. The number of aryl methyl sites for hydroxylation is 2. The second kappa shape index (κ2) is 6.07. The summed E-state index contributed by atoms with van der Waals surface area (Å²) in [5, 5.41) is 12.2. The van der Waals surface area contributed by atoms with Crippen molar-refractivity contribution in [2.75, 3.05) is 18.1 Å². The first-order valence-corrected chi connectivity index (χ1v) is 9.45. The van der Waals surface area contributed by atoms with Crippen molar-refractivity contribution < 1.29 is 9.00 Å². The van der Waals surface area contributed by atoms with Gasteiger partial charge in [0, 0.05) is 60.3 Å². The van der Waals surface area contributed by atoms with Gasteiger partial charge in [0.1, 0.15) is 5.52 Å². The lowest BCUT2D eigenvalue weighted by atomic mass is 10.1. The Kier molecular flexibility index (Phi) is 3.87. The largest absolute Gasteiger partial charge is 0.330 e. The highest BCUT2D eigenvalue weighted by atomic mass is 32.2. The Labute approximate surface area is 146 Å². The monoisotopic (exact) mass is 358 g/mol. The maximum Gasteiger partial charge on any atom is 0.254 e. The van der Waals surface area contributed by atoms with E-state index in [0.717, 1.165) is 16.6 Å². The number of fused-ring (bicyclic) bond motifs is 1. The van der Waals surface area contributed by atoms with Crippen LogP contribution >= 0.6 is 0 Å². The Balaban J connectivity index is 1.70. The van der Waals surface area contributed by atoms with Gasteiger partial charge >= 0.3 is 0 Å². The molecule has 25 heavy (non-hydrogen) atoms. The minimum Gasteiger partial charge on any atom is -0.330 e. The highest BCUT2D eigenvalue weighted by Crippen LogP contribution is 2.27. The number of aromatic nitrogens is 5. The molecule has 0 radical (unpaired) electrons. The maximum absolute atomic E-state index is 13.1. The topological polar surface area (TPSA) is 85.9 Å². The Morgan fingerprint density at radius 3 is 2.92 bits per heavy atom. The molecule has 2 aromatic heterocycles. The Hall–Kier alpha value is -2.55. The lowest BCUT2D eigenvalue weighted by Crippen LogP contribution is -2.44. The molecule has 2 atom stereocenters. The number of carbonyl (C=O) groups excluding carboxylic acids is 1. The van der Waals surface area contributed by atoms with E-state index in [1.54, 1.807) is 39.6 Å². The molecule has 1 aromatic carbocycles.